The summed E-state index contributed by atoms with van der Waals surface area (Å²) in [6, 6.07) is 23.3. The van der Waals surface area contributed by atoms with Crippen molar-refractivity contribution in [1.29, 1.82) is 0 Å². The molecule has 6 nitrogen and oxygen atoms in total. The largest absolute Gasteiger partial charge is 0.493 e. The number of ether oxygens (including phenoxy) is 2. The van der Waals surface area contributed by atoms with Crippen molar-refractivity contribution in [1.82, 2.24) is 9.97 Å². The van der Waals surface area contributed by atoms with Crippen LogP contribution in [0.15, 0.2) is 77.8 Å². The van der Waals surface area contributed by atoms with Gasteiger partial charge in [-0.05, 0) is 37.3 Å². The van der Waals surface area contributed by atoms with Crippen LogP contribution < -0.4 is 14.8 Å². The van der Waals surface area contributed by atoms with Crippen LogP contribution in [0.25, 0.3) is 22.6 Å². The van der Waals surface area contributed by atoms with Crippen LogP contribution >= 0.6 is 11.8 Å². The van der Waals surface area contributed by atoms with E-state index in [-0.39, 0.29) is 11.7 Å². The van der Waals surface area contributed by atoms with Crippen molar-refractivity contribution in [3.8, 4) is 34.1 Å². The first-order chi connectivity index (χ1) is 16.1. The number of amides is 1. The summed E-state index contributed by atoms with van der Waals surface area (Å²) in [5.41, 5.74) is 4.69. The number of H-pyrrole nitrogens is 1. The number of anilines is 1. The molecular formula is C26H25N3O3S. The number of carbonyl (C=O) groups is 1. The van der Waals surface area contributed by atoms with Gasteiger partial charge >= 0.3 is 0 Å². The third kappa shape index (κ3) is 5.38. The van der Waals surface area contributed by atoms with E-state index in [0.717, 1.165) is 27.5 Å². The molecule has 0 bridgehead atoms. The Morgan fingerprint density at radius 1 is 0.939 bits per heavy atom. The molecule has 0 spiro atoms. The lowest BCUT2D eigenvalue weighted by atomic mass is 10.1. The van der Waals surface area contributed by atoms with Gasteiger partial charge in [-0.2, -0.15) is 0 Å². The molecule has 0 aliphatic heterocycles. The van der Waals surface area contributed by atoms with Gasteiger partial charge in [0.2, 0.25) is 5.91 Å². The maximum atomic E-state index is 12.5. The number of nitrogens with zero attached hydrogens (tertiary/aromatic N) is 1. The maximum absolute atomic E-state index is 12.5. The smallest absolute Gasteiger partial charge is 0.234 e. The van der Waals surface area contributed by atoms with Gasteiger partial charge in [-0.1, -0.05) is 59.8 Å². The van der Waals surface area contributed by atoms with Crippen LogP contribution in [0, 0.1) is 6.92 Å². The van der Waals surface area contributed by atoms with Gasteiger partial charge < -0.3 is 19.8 Å². The lowest BCUT2D eigenvalue weighted by molar-refractivity contribution is -0.113. The number of aromatic amines is 1. The minimum absolute atomic E-state index is 0.0864. The molecule has 0 fully saturated rings. The third-order valence-corrected chi connectivity index (χ3v) is 6.04. The molecule has 3 aromatic carbocycles. The Morgan fingerprint density at radius 3 is 2.33 bits per heavy atom. The Bertz CT molecular complexity index is 1240. The zero-order valence-corrected chi connectivity index (χ0v) is 19.5. The van der Waals surface area contributed by atoms with Crippen molar-refractivity contribution in [3.63, 3.8) is 0 Å². The fourth-order valence-electron chi connectivity index (χ4n) is 3.35. The van der Waals surface area contributed by atoms with Crippen LogP contribution in [0.5, 0.6) is 11.5 Å². The highest BCUT2D eigenvalue weighted by molar-refractivity contribution is 8.00. The first-order valence-electron chi connectivity index (χ1n) is 10.4. The molecule has 33 heavy (non-hydrogen) atoms. The van der Waals surface area contributed by atoms with Gasteiger partial charge in [-0.25, -0.2) is 4.98 Å². The number of aryl methyl sites for hydroxylation is 1. The predicted octanol–water partition coefficient (Wildman–Crippen LogP) is 5.80. The molecule has 1 aromatic heterocycles. The second-order valence-corrected chi connectivity index (χ2v) is 8.37. The standard InChI is InChI=1S/C26H25N3O3S/c1-17-9-11-18(12-10-17)24-26(33-16-23(30)27-20-7-5-4-6-8-20)29-25(28-24)19-13-14-21(31-2)22(15-19)32-3/h4-15H,16H2,1-3H3,(H,27,30)(H,28,29). The summed E-state index contributed by atoms with van der Waals surface area (Å²) >= 11 is 1.40. The quantitative estimate of drug-likeness (QED) is 0.326. The molecule has 2 N–H and O–H groups in total. The summed E-state index contributed by atoms with van der Waals surface area (Å²) in [5.74, 6) is 2.12. The van der Waals surface area contributed by atoms with Crippen molar-refractivity contribution >= 4 is 23.4 Å². The number of carbonyl (C=O) groups excluding carboxylic acids is 1. The van der Waals surface area contributed by atoms with E-state index >= 15 is 0 Å². The van der Waals surface area contributed by atoms with Crippen LogP contribution in [0.4, 0.5) is 5.69 Å². The summed E-state index contributed by atoms with van der Waals surface area (Å²) in [6.07, 6.45) is 0. The fourth-order valence-corrected chi connectivity index (χ4v) is 4.16. The number of hydrogen-bond acceptors (Lipinski definition) is 5. The highest BCUT2D eigenvalue weighted by Gasteiger charge is 2.17. The molecule has 0 atom stereocenters. The van der Waals surface area contributed by atoms with Crippen molar-refractivity contribution in [2.24, 2.45) is 0 Å². The summed E-state index contributed by atoms with van der Waals surface area (Å²) in [5, 5.41) is 3.67. The number of hydrogen-bond donors (Lipinski definition) is 2. The van der Waals surface area contributed by atoms with Crippen LogP contribution in [-0.4, -0.2) is 35.8 Å². The van der Waals surface area contributed by atoms with E-state index in [0.29, 0.717) is 17.3 Å². The number of methoxy groups -OCH3 is 2. The van der Waals surface area contributed by atoms with Gasteiger partial charge in [0.1, 0.15) is 10.9 Å². The molecule has 0 aliphatic rings. The third-order valence-electron chi connectivity index (χ3n) is 5.07. The summed E-state index contributed by atoms with van der Waals surface area (Å²) < 4.78 is 10.8. The fraction of sp³-hybridized carbons (Fsp3) is 0.154. The van der Waals surface area contributed by atoms with Crippen LogP contribution in [0.1, 0.15) is 5.56 Å². The van der Waals surface area contributed by atoms with Gasteiger partial charge in [0.05, 0.1) is 25.7 Å². The normalized spacial score (nSPS) is 10.6. The number of para-hydroxylation sites is 1. The van der Waals surface area contributed by atoms with E-state index < -0.39 is 0 Å². The van der Waals surface area contributed by atoms with Gasteiger partial charge in [0.15, 0.2) is 11.5 Å². The molecule has 0 saturated heterocycles. The average molecular weight is 460 g/mol. The van der Waals surface area contributed by atoms with Crippen LogP contribution in [0.3, 0.4) is 0 Å². The van der Waals surface area contributed by atoms with Crippen molar-refractivity contribution in [2.75, 3.05) is 25.3 Å². The Labute approximate surface area is 197 Å². The SMILES string of the molecule is COc1ccc(-c2nc(SCC(=O)Nc3ccccc3)c(-c3ccc(C)cc3)[nH]2)cc1OC. The summed E-state index contributed by atoms with van der Waals surface area (Å²) in [6.45, 7) is 2.05. The minimum atomic E-state index is -0.0864. The lowest BCUT2D eigenvalue weighted by Gasteiger charge is -2.08. The molecule has 0 unspecified atom stereocenters. The van der Waals surface area contributed by atoms with E-state index in [1.165, 1.54) is 17.3 Å². The van der Waals surface area contributed by atoms with E-state index in [1.807, 2.05) is 48.5 Å². The Morgan fingerprint density at radius 2 is 1.64 bits per heavy atom. The molecule has 7 heteroatoms. The highest BCUT2D eigenvalue weighted by atomic mass is 32.2. The van der Waals surface area contributed by atoms with Crippen molar-refractivity contribution in [2.45, 2.75) is 11.9 Å². The number of thioether (sulfide) groups is 1. The second-order valence-electron chi connectivity index (χ2n) is 7.40. The molecule has 4 rings (SSSR count). The number of rotatable bonds is 8. The Kier molecular flexibility index (Phi) is 7.00. The molecule has 1 amide bonds. The molecule has 0 radical (unpaired) electrons. The van der Waals surface area contributed by atoms with Crippen molar-refractivity contribution in [3.05, 3.63) is 78.4 Å². The zero-order chi connectivity index (χ0) is 23.2. The maximum Gasteiger partial charge on any atom is 0.234 e. The monoisotopic (exact) mass is 459 g/mol. The van der Waals surface area contributed by atoms with Gasteiger partial charge in [-0.15, -0.1) is 0 Å². The first-order valence-corrected chi connectivity index (χ1v) is 11.4. The second kappa shape index (κ2) is 10.3. The van der Waals surface area contributed by atoms with Crippen molar-refractivity contribution < 1.29 is 14.3 Å². The van der Waals surface area contributed by atoms with Gasteiger partial charge in [0, 0.05) is 16.8 Å². The Balaban J connectivity index is 1.63. The van der Waals surface area contributed by atoms with Gasteiger partial charge in [0.25, 0.3) is 0 Å². The van der Waals surface area contributed by atoms with Crippen LogP contribution in [-0.2, 0) is 4.79 Å². The summed E-state index contributed by atoms with van der Waals surface area (Å²) in [7, 11) is 3.21. The zero-order valence-electron chi connectivity index (χ0n) is 18.7. The van der Waals surface area contributed by atoms with E-state index in [9.17, 15) is 4.79 Å². The number of imidazole rings is 1. The number of aromatic nitrogens is 2. The van der Waals surface area contributed by atoms with Crippen LogP contribution in [0.2, 0.25) is 0 Å². The number of nitrogens with one attached hydrogen (secondary N) is 2. The van der Waals surface area contributed by atoms with E-state index in [2.05, 4.69) is 41.5 Å². The van der Waals surface area contributed by atoms with E-state index in [4.69, 9.17) is 14.5 Å². The molecule has 0 saturated carbocycles. The molecule has 1 heterocycles. The van der Waals surface area contributed by atoms with Gasteiger partial charge in [-0.3, -0.25) is 4.79 Å². The first kappa shape index (κ1) is 22.5. The minimum Gasteiger partial charge on any atom is -0.493 e. The summed E-state index contributed by atoms with van der Waals surface area (Å²) in [4.78, 5) is 20.8. The molecule has 168 valence electrons. The predicted molar refractivity (Wildman–Crippen MR) is 133 cm³/mol. The molecule has 0 aliphatic carbocycles. The average Bonchev–Trinajstić information content (AvgIpc) is 3.27. The Hall–Kier alpha value is -3.71. The topological polar surface area (TPSA) is 76.2 Å². The highest BCUT2D eigenvalue weighted by Crippen LogP contribution is 2.36. The lowest BCUT2D eigenvalue weighted by Crippen LogP contribution is -2.13. The van der Waals surface area contributed by atoms with E-state index in [1.54, 1.807) is 14.2 Å². The number of benzene rings is 3. The molecular weight excluding hydrogens is 434 g/mol. The molecule has 4 aromatic rings.